The Balaban J connectivity index is 2.43. The number of aryl methyl sites for hydroxylation is 2. The summed E-state index contributed by atoms with van der Waals surface area (Å²) in [6, 6.07) is 0. The van der Waals surface area contributed by atoms with Crippen LogP contribution >= 0.6 is 0 Å². The number of rotatable bonds is 3. The second-order valence-electron chi connectivity index (χ2n) is 5.69. The van der Waals surface area contributed by atoms with Crippen molar-refractivity contribution in [1.82, 2.24) is 20.0 Å². The zero-order valence-electron chi connectivity index (χ0n) is 12.5. The highest BCUT2D eigenvalue weighted by Gasteiger charge is 2.26. The van der Waals surface area contributed by atoms with E-state index in [9.17, 15) is 5.11 Å². The third kappa shape index (κ3) is 2.56. The summed E-state index contributed by atoms with van der Waals surface area (Å²) in [5, 5.41) is 29.4. The fourth-order valence-electron chi connectivity index (χ4n) is 1.85. The number of aromatic hydroxyl groups is 1. The van der Waals surface area contributed by atoms with Gasteiger partial charge in [-0.05, 0) is 6.42 Å². The Morgan fingerprint density at radius 3 is 2.65 bits per heavy atom. The summed E-state index contributed by atoms with van der Waals surface area (Å²) in [6.07, 6.45) is 2.54. The van der Waals surface area contributed by atoms with Gasteiger partial charge in [-0.1, -0.05) is 27.7 Å². The molecule has 7 nitrogen and oxygen atoms in total. The normalized spacial score (nSPS) is 12.4. The summed E-state index contributed by atoms with van der Waals surface area (Å²) in [6.45, 7) is 8.07. The molecule has 0 bridgehead atoms. The number of H-pyrrole nitrogens is 1. The largest absolute Gasteiger partial charge is 0.492 e. The first-order chi connectivity index (χ1) is 9.34. The van der Waals surface area contributed by atoms with Gasteiger partial charge >= 0.3 is 0 Å². The monoisotopic (exact) mass is 276 g/mol. The average molecular weight is 276 g/mol. The molecule has 7 heteroatoms. The fourth-order valence-corrected chi connectivity index (χ4v) is 1.85. The number of azo groups is 1. The van der Waals surface area contributed by atoms with Crippen molar-refractivity contribution in [3.8, 4) is 5.88 Å². The van der Waals surface area contributed by atoms with E-state index in [1.165, 1.54) is 4.68 Å². The minimum absolute atomic E-state index is 0.0104. The maximum atomic E-state index is 10.1. The Bertz CT molecular complexity index is 632. The molecule has 0 amide bonds. The predicted molar refractivity (Wildman–Crippen MR) is 75.7 cm³/mol. The smallest absolute Gasteiger partial charge is 0.238 e. The molecule has 0 spiro atoms. The molecule has 2 aromatic heterocycles. The Morgan fingerprint density at radius 2 is 2.05 bits per heavy atom. The summed E-state index contributed by atoms with van der Waals surface area (Å²) in [5.41, 5.74) is 1.86. The van der Waals surface area contributed by atoms with Gasteiger partial charge in [-0.2, -0.15) is 10.2 Å². The average Bonchev–Trinajstić information content (AvgIpc) is 2.93. The second-order valence-corrected chi connectivity index (χ2v) is 5.69. The number of aromatic nitrogens is 4. The third-order valence-corrected chi connectivity index (χ3v) is 3.03. The number of hydrogen-bond donors (Lipinski definition) is 2. The molecule has 0 aliphatic carbocycles. The number of aromatic amines is 1. The summed E-state index contributed by atoms with van der Waals surface area (Å²) in [7, 11) is 1.68. The maximum absolute atomic E-state index is 10.1. The van der Waals surface area contributed by atoms with Crippen molar-refractivity contribution >= 4 is 11.5 Å². The van der Waals surface area contributed by atoms with Gasteiger partial charge in [0, 0.05) is 18.0 Å². The third-order valence-electron chi connectivity index (χ3n) is 3.03. The molecule has 0 saturated carbocycles. The van der Waals surface area contributed by atoms with E-state index in [-0.39, 0.29) is 11.3 Å². The summed E-state index contributed by atoms with van der Waals surface area (Å²) in [5.74, 6) is 0.617. The minimum Gasteiger partial charge on any atom is -0.492 e. The standard InChI is InChI=1S/C13H20N6O/c1-6-8-7-14-16-11(8)17-15-9-10(13(2,3)4)18-19(5)12(9)20/h7,20H,6H2,1-5H3,(H,14,16)/b17-15+. The van der Waals surface area contributed by atoms with Gasteiger partial charge in [0.2, 0.25) is 5.88 Å². The fraction of sp³-hybridized carbons (Fsp3) is 0.538. The molecule has 2 N–H and O–H groups in total. The van der Waals surface area contributed by atoms with Crippen LogP contribution in [0.2, 0.25) is 0 Å². The first kappa shape index (κ1) is 14.2. The lowest BCUT2D eigenvalue weighted by molar-refractivity contribution is 0.419. The first-order valence-electron chi connectivity index (χ1n) is 6.55. The highest BCUT2D eigenvalue weighted by molar-refractivity contribution is 5.54. The molecule has 0 saturated heterocycles. The molecule has 20 heavy (non-hydrogen) atoms. The summed E-state index contributed by atoms with van der Waals surface area (Å²) in [4.78, 5) is 0. The van der Waals surface area contributed by atoms with Crippen molar-refractivity contribution in [3.63, 3.8) is 0 Å². The van der Waals surface area contributed by atoms with Gasteiger partial charge in [-0.15, -0.1) is 10.2 Å². The molecule has 0 aromatic carbocycles. The number of hydrogen-bond acceptors (Lipinski definition) is 5. The van der Waals surface area contributed by atoms with Crippen molar-refractivity contribution in [2.75, 3.05) is 0 Å². The van der Waals surface area contributed by atoms with Crippen LogP contribution in [0.5, 0.6) is 5.88 Å². The van der Waals surface area contributed by atoms with Crippen molar-refractivity contribution < 1.29 is 5.11 Å². The van der Waals surface area contributed by atoms with Gasteiger partial charge in [0.15, 0.2) is 11.5 Å². The first-order valence-corrected chi connectivity index (χ1v) is 6.55. The SMILES string of the molecule is CCc1cn[nH]c1/N=N/c1c(C(C)(C)C)nn(C)c1O. The second kappa shape index (κ2) is 5.07. The molecule has 2 aromatic rings. The van der Waals surface area contributed by atoms with Crippen molar-refractivity contribution in [2.45, 2.75) is 39.5 Å². The molecule has 2 rings (SSSR count). The van der Waals surface area contributed by atoms with Crippen LogP contribution in [0.3, 0.4) is 0 Å². The van der Waals surface area contributed by atoms with Crippen LogP contribution in [0.1, 0.15) is 39.0 Å². The van der Waals surface area contributed by atoms with Gasteiger partial charge in [0.1, 0.15) is 0 Å². The lowest BCUT2D eigenvalue weighted by Gasteiger charge is -2.14. The summed E-state index contributed by atoms with van der Waals surface area (Å²) >= 11 is 0. The molecular weight excluding hydrogens is 256 g/mol. The van der Waals surface area contributed by atoms with E-state index in [4.69, 9.17) is 0 Å². The van der Waals surface area contributed by atoms with Crippen molar-refractivity contribution in [2.24, 2.45) is 17.3 Å². The molecule has 0 aliphatic rings. The van der Waals surface area contributed by atoms with Crippen LogP contribution in [0.4, 0.5) is 11.5 Å². The van der Waals surface area contributed by atoms with E-state index in [0.717, 1.165) is 12.0 Å². The van der Waals surface area contributed by atoms with Crippen molar-refractivity contribution in [3.05, 3.63) is 17.5 Å². The topological polar surface area (TPSA) is 91.5 Å². The van der Waals surface area contributed by atoms with Crippen LogP contribution < -0.4 is 0 Å². The highest BCUT2D eigenvalue weighted by Crippen LogP contribution is 2.38. The lowest BCUT2D eigenvalue weighted by Crippen LogP contribution is -2.12. The Kier molecular flexibility index (Phi) is 3.61. The van der Waals surface area contributed by atoms with Gasteiger partial charge in [0.25, 0.3) is 0 Å². The number of nitrogens with one attached hydrogen (secondary N) is 1. The van der Waals surface area contributed by atoms with Gasteiger partial charge in [0.05, 0.1) is 11.9 Å². The van der Waals surface area contributed by atoms with Crippen LogP contribution in [0.15, 0.2) is 16.4 Å². The quantitative estimate of drug-likeness (QED) is 0.844. The van der Waals surface area contributed by atoms with Gasteiger partial charge < -0.3 is 5.11 Å². The highest BCUT2D eigenvalue weighted by atomic mass is 16.3. The van der Waals surface area contributed by atoms with Crippen LogP contribution in [0.25, 0.3) is 0 Å². The van der Waals surface area contributed by atoms with E-state index >= 15 is 0 Å². The molecule has 0 radical (unpaired) electrons. The molecule has 2 heterocycles. The van der Waals surface area contributed by atoms with E-state index in [1.807, 2.05) is 27.7 Å². The molecule has 0 fully saturated rings. The molecule has 0 unspecified atom stereocenters. The van der Waals surface area contributed by atoms with Crippen LogP contribution in [-0.2, 0) is 18.9 Å². The molecular formula is C13H20N6O. The van der Waals surface area contributed by atoms with Crippen molar-refractivity contribution in [1.29, 1.82) is 0 Å². The Labute approximate surface area is 117 Å². The van der Waals surface area contributed by atoms with Gasteiger partial charge in [-0.3, -0.25) is 5.10 Å². The van der Waals surface area contributed by atoms with E-state index in [1.54, 1.807) is 13.2 Å². The minimum atomic E-state index is -0.228. The summed E-state index contributed by atoms with van der Waals surface area (Å²) < 4.78 is 1.41. The van der Waals surface area contributed by atoms with Crippen LogP contribution in [0, 0.1) is 0 Å². The number of nitrogens with zero attached hydrogens (tertiary/aromatic N) is 5. The Hall–Kier alpha value is -2.18. The zero-order chi connectivity index (χ0) is 14.9. The Morgan fingerprint density at radius 1 is 1.35 bits per heavy atom. The van der Waals surface area contributed by atoms with E-state index in [0.29, 0.717) is 17.2 Å². The van der Waals surface area contributed by atoms with Crippen LogP contribution in [-0.4, -0.2) is 25.1 Å². The predicted octanol–water partition coefficient (Wildman–Crippen LogP) is 3.12. The zero-order valence-corrected chi connectivity index (χ0v) is 12.5. The molecule has 108 valence electrons. The van der Waals surface area contributed by atoms with Gasteiger partial charge in [-0.25, -0.2) is 4.68 Å². The molecule has 0 atom stereocenters. The maximum Gasteiger partial charge on any atom is 0.238 e. The lowest BCUT2D eigenvalue weighted by atomic mass is 9.91. The molecule has 0 aliphatic heterocycles. The van der Waals surface area contributed by atoms with E-state index < -0.39 is 0 Å². The van der Waals surface area contributed by atoms with E-state index in [2.05, 4.69) is 25.5 Å².